The lowest BCUT2D eigenvalue weighted by Gasteiger charge is -2.40. The van der Waals surface area contributed by atoms with Crippen molar-refractivity contribution in [3.05, 3.63) is 35.9 Å². The summed E-state index contributed by atoms with van der Waals surface area (Å²) in [6.45, 7) is 10.6. The van der Waals surface area contributed by atoms with Crippen LogP contribution < -0.4 is 16.1 Å². The highest BCUT2D eigenvalue weighted by atomic mass is 16.7. The first-order chi connectivity index (χ1) is 28.9. The van der Waals surface area contributed by atoms with Gasteiger partial charge in [0.25, 0.3) is 0 Å². The quantitative estimate of drug-likeness (QED) is 0.0485. The molecule has 1 saturated heterocycles. The first-order valence-electron chi connectivity index (χ1n) is 21.2. The van der Waals surface area contributed by atoms with Gasteiger partial charge in [-0.05, 0) is 30.2 Å². The Bertz CT molecular complexity index is 1540. The molecule has 5 amide bonds. The molecule has 1 fully saturated rings. The Morgan fingerprint density at radius 2 is 1.57 bits per heavy atom. The number of carboxylic acid groups (broad SMARTS) is 1. The molecule has 1 aliphatic rings. The second kappa shape index (κ2) is 26.7. The molecule has 1 aromatic carbocycles. The van der Waals surface area contributed by atoms with Crippen molar-refractivity contribution in [3.8, 4) is 0 Å². The van der Waals surface area contributed by atoms with Gasteiger partial charge >= 0.3 is 6.09 Å². The Morgan fingerprint density at radius 3 is 2.13 bits per heavy atom. The lowest BCUT2D eigenvalue weighted by atomic mass is 9.89. The van der Waals surface area contributed by atoms with Crippen molar-refractivity contribution in [1.29, 1.82) is 0 Å². The summed E-state index contributed by atoms with van der Waals surface area (Å²) in [5, 5.41) is 14.3. The second-order valence-corrected chi connectivity index (χ2v) is 16.4. The van der Waals surface area contributed by atoms with E-state index in [2.05, 4.69) is 24.5 Å². The summed E-state index contributed by atoms with van der Waals surface area (Å²) in [6, 6.07) is 6.91. The molecule has 0 unspecified atom stereocenters. The Hall–Kier alpha value is -4.52. The zero-order valence-electron chi connectivity index (χ0n) is 38.5. The number of likely N-dealkylation sites (N-methyl/N-ethyl adjacent to an activating group) is 1. The molecule has 346 valence electrons. The summed E-state index contributed by atoms with van der Waals surface area (Å²) >= 11 is 0. The number of benzene rings is 1. The zero-order valence-corrected chi connectivity index (χ0v) is 38.5. The first kappa shape index (κ1) is 52.6. The number of hydrogen-bond donors (Lipinski definition) is 4. The average Bonchev–Trinajstić information content (AvgIpc) is 3.70. The van der Waals surface area contributed by atoms with Crippen molar-refractivity contribution in [2.75, 3.05) is 82.4 Å². The van der Waals surface area contributed by atoms with Crippen molar-refractivity contribution in [2.45, 2.75) is 103 Å². The molecule has 61 heavy (non-hydrogen) atoms. The molecular weight excluding hydrogens is 789 g/mol. The minimum atomic E-state index is -1.32. The molecular formula is C43H74N8O10. The van der Waals surface area contributed by atoms with Crippen molar-refractivity contribution in [1.82, 2.24) is 35.7 Å². The van der Waals surface area contributed by atoms with Crippen LogP contribution in [0, 0.1) is 17.8 Å². The molecule has 18 nitrogen and oxygen atoms in total. The van der Waals surface area contributed by atoms with Crippen LogP contribution in [0.15, 0.2) is 35.3 Å². The zero-order chi connectivity index (χ0) is 45.8. The van der Waals surface area contributed by atoms with Crippen molar-refractivity contribution in [2.24, 2.45) is 22.7 Å². The molecule has 0 spiro atoms. The number of nitrogens with zero attached hydrogens (tertiary/aromatic N) is 5. The predicted octanol–water partition coefficient (Wildman–Crippen LogP) is 2.47. The van der Waals surface area contributed by atoms with Gasteiger partial charge in [-0.3, -0.25) is 24.0 Å². The topological polar surface area (TPSA) is 204 Å². The number of carbonyl (C=O) groups excluding carboxylic acids is 4. The van der Waals surface area contributed by atoms with Crippen LogP contribution in [-0.4, -0.2) is 179 Å². The molecule has 0 aliphatic carbocycles. The molecule has 2 rings (SSSR count). The first-order valence-corrected chi connectivity index (χ1v) is 21.2. The molecule has 8 atom stereocenters. The third-order valence-corrected chi connectivity index (χ3v) is 11.1. The number of amides is 5. The fourth-order valence-electron chi connectivity index (χ4n) is 7.81. The monoisotopic (exact) mass is 863 g/mol. The second-order valence-electron chi connectivity index (χ2n) is 16.4. The van der Waals surface area contributed by atoms with E-state index in [9.17, 15) is 24.0 Å². The Balaban J connectivity index is 2.24. The number of guanidine groups is 1. The Kier molecular flexibility index (Phi) is 23.1. The van der Waals surface area contributed by atoms with Crippen LogP contribution in [0.3, 0.4) is 0 Å². The van der Waals surface area contributed by atoms with Gasteiger partial charge < -0.3 is 49.6 Å². The standard InChI is InChI=1S/C43H74N8O10/c1-13-29(4)37(50(10)41(55)36(28(2)3)46-42(48(6)7)49(8)9)34(58-11)27-35(52)51-22-17-20-33(51)38(59-12)30(5)39(53)45-32(26-31-18-15-14-16-19-31)40(54)44-21-23-60-24-25-61-47-43(56)57/h14-16,18-19,28-30,32-34,36-38,47H,13,17,20-27H2,1-12H3,(H,44,54)(H,45,53)(H,56,57)/t29-,30+,32-,33-,34+,36-,37-,38+/m0/s1. The number of hydrogen-bond acceptors (Lipinski definition) is 10. The van der Waals surface area contributed by atoms with Gasteiger partial charge in [-0.1, -0.05) is 71.4 Å². The van der Waals surface area contributed by atoms with Gasteiger partial charge in [-0.2, -0.15) is 5.48 Å². The number of rotatable bonds is 25. The maximum atomic E-state index is 14.3. The fourth-order valence-corrected chi connectivity index (χ4v) is 7.81. The Morgan fingerprint density at radius 1 is 0.918 bits per heavy atom. The van der Waals surface area contributed by atoms with Crippen LogP contribution >= 0.6 is 0 Å². The number of hydroxylamine groups is 1. The van der Waals surface area contributed by atoms with Gasteiger partial charge in [-0.25, -0.2) is 9.79 Å². The lowest BCUT2D eigenvalue weighted by Crippen LogP contribution is -2.55. The van der Waals surface area contributed by atoms with Crippen LogP contribution in [-0.2, 0) is 44.6 Å². The molecule has 1 aromatic rings. The highest BCUT2D eigenvalue weighted by molar-refractivity contribution is 5.89. The summed E-state index contributed by atoms with van der Waals surface area (Å²) in [7, 11) is 12.4. The summed E-state index contributed by atoms with van der Waals surface area (Å²) in [5.41, 5.74) is 2.62. The summed E-state index contributed by atoms with van der Waals surface area (Å²) in [4.78, 5) is 83.4. The van der Waals surface area contributed by atoms with E-state index in [-0.39, 0.29) is 62.9 Å². The molecule has 4 N–H and O–H groups in total. The van der Waals surface area contributed by atoms with Crippen LogP contribution in [0.2, 0.25) is 0 Å². The van der Waals surface area contributed by atoms with E-state index < -0.39 is 60.2 Å². The number of carbonyl (C=O) groups is 5. The van der Waals surface area contributed by atoms with Crippen LogP contribution in [0.25, 0.3) is 0 Å². The van der Waals surface area contributed by atoms with Crippen molar-refractivity contribution in [3.63, 3.8) is 0 Å². The molecule has 0 saturated carbocycles. The van der Waals surface area contributed by atoms with Crippen LogP contribution in [0.1, 0.15) is 65.9 Å². The van der Waals surface area contributed by atoms with Gasteiger partial charge in [0.1, 0.15) is 12.1 Å². The third kappa shape index (κ3) is 16.4. The predicted molar refractivity (Wildman–Crippen MR) is 233 cm³/mol. The molecule has 0 aromatic heterocycles. The van der Waals surface area contributed by atoms with E-state index in [0.717, 1.165) is 12.0 Å². The SMILES string of the molecule is CC[C@H](C)[C@@H]([C@@H](CC(=O)N1CCC[C@H]1[C@H](OC)[C@@H](C)C(=O)N[C@@H](Cc1ccccc1)C(=O)NCCOCCONC(=O)O)OC)N(C)C(=O)[C@@H](N=C(N(C)C)N(C)C)C(C)C. The van der Waals surface area contributed by atoms with E-state index in [1.807, 2.05) is 82.2 Å². The van der Waals surface area contributed by atoms with Crippen LogP contribution in [0.4, 0.5) is 4.79 Å². The van der Waals surface area contributed by atoms with Gasteiger partial charge in [0.05, 0.1) is 56.5 Å². The molecule has 1 heterocycles. The van der Waals surface area contributed by atoms with Gasteiger partial charge in [0, 0.05) is 69.0 Å². The number of methoxy groups -OCH3 is 2. The summed E-state index contributed by atoms with van der Waals surface area (Å²) in [6.07, 6.45) is -0.292. The van der Waals surface area contributed by atoms with Gasteiger partial charge in [-0.15, -0.1) is 0 Å². The molecule has 0 radical (unpaired) electrons. The number of aliphatic imine (C=N–C) groups is 1. The van der Waals surface area contributed by atoms with Crippen LogP contribution in [0.5, 0.6) is 0 Å². The summed E-state index contributed by atoms with van der Waals surface area (Å²) in [5.74, 6) is -1.29. The maximum Gasteiger partial charge on any atom is 0.428 e. The van der Waals surface area contributed by atoms with E-state index in [0.29, 0.717) is 25.3 Å². The number of likely N-dealkylation sites (tertiary alicyclic amines) is 1. The van der Waals surface area contributed by atoms with Crippen molar-refractivity contribution < 1.29 is 48.1 Å². The maximum absolute atomic E-state index is 14.3. The Labute approximate surface area is 363 Å². The highest BCUT2D eigenvalue weighted by Gasteiger charge is 2.43. The highest BCUT2D eigenvalue weighted by Crippen LogP contribution is 2.30. The van der Waals surface area contributed by atoms with Crippen molar-refractivity contribution >= 4 is 35.7 Å². The molecule has 1 aliphatic heterocycles. The normalized spacial score (nSPS) is 17.3. The minimum Gasteiger partial charge on any atom is -0.464 e. The fraction of sp³-hybridized carbons (Fsp3) is 0.721. The number of ether oxygens (including phenoxy) is 3. The number of nitrogens with one attached hydrogen (secondary N) is 3. The largest absolute Gasteiger partial charge is 0.464 e. The van der Waals surface area contributed by atoms with E-state index in [1.54, 1.807) is 36.4 Å². The smallest absolute Gasteiger partial charge is 0.428 e. The van der Waals surface area contributed by atoms with Gasteiger partial charge in [0.15, 0.2) is 5.96 Å². The third-order valence-electron chi connectivity index (χ3n) is 11.1. The molecule has 0 bridgehead atoms. The van der Waals surface area contributed by atoms with E-state index in [4.69, 9.17) is 29.1 Å². The van der Waals surface area contributed by atoms with E-state index in [1.165, 1.54) is 7.11 Å². The summed E-state index contributed by atoms with van der Waals surface area (Å²) < 4.78 is 17.4. The minimum absolute atomic E-state index is 0.00775. The van der Waals surface area contributed by atoms with E-state index >= 15 is 0 Å². The lowest BCUT2D eigenvalue weighted by molar-refractivity contribution is -0.146. The molecule has 18 heteroatoms. The average molecular weight is 863 g/mol. The van der Waals surface area contributed by atoms with Gasteiger partial charge in [0.2, 0.25) is 23.6 Å².